The predicted octanol–water partition coefficient (Wildman–Crippen LogP) is 1.90. The van der Waals surface area contributed by atoms with Gasteiger partial charge in [0.05, 0.1) is 21.5 Å². The second kappa shape index (κ2) is 8.33. The van der Waals surface area contributed by atoms with Gasteiger partial charge in [0.15, 0.2) is 0 Å². The summed E-state index contributed by atoms with van der Waals surface area (Å²) in [6.45, 7) is 0. The number of carbonyl (C=O) groups is 2. The van der Waals surface area contributed by atoms with Gasteiger partial charge in [-0.2, -0.15) is 0 Å². The van der Waals surface area contributed by atoms with Crippen molar-refractivity contribution in [1.82, 2.24) is 10.9 Å². The molecule has 0 heterocycles. The summed E-state index contributed by atoms with van der Waals surface area (Å²) in [5.74, 6) is -1.37. The molecule has 0 saturated heterocycles. The minimum atomic E-state index is -0.898. The van der Waals surface area contributed by atoms with Crippen molar-refractivity contribution < 1.29 is 19.4 Å². The standard InChI is InChI=1S/C16H14N4O6/c21-15(7-6-11-4-2-1-3-5-11)17-18-16(22)12-8-13(19(23)24)10-14(9-12)20(25)26/h1-5,8-10H,6-7H2,(H,17,21)(H,18,22). The zero-order chi connectivity index (χ0) is 19.1. The topological polar surface area (TPSA) is 144 Å². The molecule has 0 bridgehead atoms. The van der Waals surface area contributed by atoms with Crippen LogP contribution in [0.15, 0.2) is 48.5 Å². The molecule has 0 radical (unpaired) electrons. The van der Waals surface area contributed by atoms with E-state index in [9.17, 15) is 29.8 Å². The van der Waals surface area contributed by atoms with Gasteiger partial charge < -0.3 is 0 Å². The van der Waals surface area contributed by atoms with Crippen LogP contribution in [0.1, 0.15) is 22.3 Å². The van der Waals surface area contributed by atoms with Crippen LogP contribution in [-0.4, -0.2) is 21.7 Å². The maximum absolute atomic E-state index is 12.0. The first-order chi connectivity index (χ1) is 12.4. The van der Waals surface area contributed by atoms with E-state index in [1.165, 1.54) is 0 Å². The molecule has 0 saturated carbocycles. The van der Waals surface area contributed by atoms with E-state index in [1.807, 2.05) is 30.3 Å². The number of nitro groups is 2. The Morgan fingerprint density at radius 2 is 1.46 bits per heavy atom. The largest absolute Gasteiger partial charge is 0.277 e. The summed E-state index contributed by atoms with van der Waals surface area (Å²) < 4.78 is 0. The van der Waals surface area contributed by atoms with Crippen LogP contribution in [0.2, 0.25) is 0 Å². The van der Waals surface area contributed by atoms with E-state index in [0.717, 1.165) is 23.8 Å². The Hall–Kier alpha value is -3.82. The average molecular weight is 358 g/mol. The average Bonchev–Trinajstić information content (AvgIpc) is 2.64. The number of benzene rings is 2. The minimum Gasteiger partial charge on any atom is -0.273 e. The Bertz CT molecular complexity index is 821. The van der Waals surface area contributed by atoms with Gasteiger partial charge in [0, 0.05) is 18.6 Å². The highest BCUT2D eigenvalue weighted by Gasteiger charge is 2.20. The van der Waals surface area contributed by atoms with Gasteiger partial charge in [0.2, 0.25) is 5.91 Å². The van der Waals surface area contributed by atoms with Crippen LogP contribution in [0.5, 0.6) is 0 Å². The summed E-state index contributed by atoms with van der Waals surface area (Å²) in [5, 5.41) is 21.6. The number of non-ortho nitro benzene ring substituents is 2. The molecule has 2 amide bonds. The molecule has 0 atom stereocenters. The van der Waals surface area contributed by atoms with Gasteiger partial charge in [0.1, 0.15) is 0 Å². The second-order valence-corrected chi connectivity index (χ2v) is 5.24. The number of carbonyl (C=O) groups excluding carboxylic acids is 2. The molecule has 2 aromatic carbocycles. The third-order valence-electron chi connectivity index (χ3n) is 3.39. The Balaban J connectivity index is 1.97. The molecule has 0 aromatic heterocycles. The van der Waals surface area contributed by atoms with Gasteiger partial charge in [0.25, 0.3) is 17.3 Å². The number of amides is 2. The number of hydrogen-bond acceptors (Lipinski definition) is 6. The smallest absolute Gasteiger partial charge is 0.273 e. The van der Waals surface area contributed by atoms with E-state index >= 15 is 0 Å². The zero-order valence-electron chi connectivity index (χ0n) is 13.4. The van der Waals surface area contributed by atoms with E-state index in [1.54, 1.807) is 0 Å². The number of hydrogen-bond donors (Lipinski definition) is 2. The molecule has 2 rings (SSSR count). The van der Waals surface area contributed by atoms with Crippen LogP contribution in [0, 0.1) is 20.2 Å². The Kier molecular flexibility index (Phi) is 5.93. The fourth-order valence-electron chi connectivity index (χ4n) is 2.10. The quantitative estimate of drug-likeness (QED) is 0.596. The van der Waals surface area contributed by atoms with E-state index < -0.39 is 33.0 Å². The summed E-state index contributed by atoms with van der Waals surface area (Å²) in [6, 6.07) is 11.8. The van der Waals surface area contributed by atoms with Crippen LogP contribution >= 0.6 is 0 Å². The first-order valence-electron chi connectivity index (χ1n) is 7.44. The molecule has 0 unspecified atom stereocenters. The maximum Gasteiger partial charge on any atom is 0.277 e. The van der Waals surface area contributed by atoms with Gasteiger partial charge in [-0.3, -0.25) is 40.7 Å². The van der Waals surface area contributed by atoms with Crippen molar-refractivity contribution in [3.63, 3.8) is 0 Å². The summed E-state index contributed by atoms with van der Waals surface area (Å²) in [4.78, 5) is 43.7. The molecule has 2 aromatic rings. The highest BCUT2D eigenvalue weighted by Crippen LogP contribution is 2.22. The highest BCUT2D eigenvalue weighted by atomic mass is 16.6. The molecule has 10 nitrogen and oxygen atoms in total. The molecule has 0 fully saturated rings. The third-order valence-corrected chi connectivity index (χ3v) is 3.39. The fraction of sp³-hybridized carbons (Fsp3) is 0.125. The van der Waals surface area contributed by atoms with Crippen molar-refractivity contribution in [2.45, 2.75) is 12.8 Å². The van der Waals surface area contributed by atoms with Gasteiger partial charge in [-0.15, -0.1) is 0 Å². The Morgan fingerprint density at radius 1 is 0.885 bits per heavy atom. The number of aryl methyl sites for hydroxylation is 1. The first kappa shape index (κ1) is 18.5. The lowest BCUT2D eigenvalue weighted by Crippen LogP contribution is -2.41. The van der Waals surface area contributed by atoms with Crippen LogP contribution in [0.3, 0.4) is 0 Å². The number of nitrogens with one attached hydrogen (secondary N) is 2. The van der Waals surface area contributed by atoms with E-state index in [0.29, 0.717) is 6.42 Å². The minimum absolute atomic E-state index is 0.110. The molecule has 26 heavy (non-hydrogen) atoms. The van der Waals surface area contributed by atoms with Crippen LogP contribution < -0.4 is 10.9 Å². The maximum atomic E-state index is 12.0. The molecule has 0 aliphatic heterocycles. The Labute approximate surface area is 147 Å². The lowest BCUT2D eigenvalue weighted by molar-refractivity contribution is -0.394. The number of nitro benzene ring substituents is 2. The predicted molar refractivity (Wildman–Crippen MR) is 90.1 cm³/mol. The van der Waals surface area contributed by atoms with Crippen molar-refractivity contribution in [3.05, 3.63) is 79.9 Å². The third kappa shape index (κ3) is 5.09. The monoisotopic (exact) mass is 358 g/mol. The Morgan fingerprint density at radius 3 is 2.00 bits per heavy atom. The molecule has 134 valence electrons. The van der Waals surface area contributed by atoms with E-state index in [-0.39, 0.29) is 12.0 Å². The summed E-state index contributed by atoms with van der Waals surface area (Å²) in [7, 11) is 0. The second-order valence-electron chi connectivity index (χ2n) is 5.24. The van der Waals surface area contributed by atoms with Crippen molar-refractivity contribution in [2.75, 3.05) is 0 Å². The molecule has 0 aliphatic carbocycles. The molecular weight excluding hydrogens is 344 g/mol. The molecule has 0 aliphatic rings. The first-order valence-corrected chi connectivity index (χ1v) is 7.44. The SMILES string of the molecule is O=C(CCc1ccccc1)NNC(=O)c1cc([N+](=O)[O-])cc([N+](=O)[O-])c1. The number of rotatable bonds is 6. The van der Waals surface area contributed by atoms with Gasteiger partial charge in [-0.25, -0.2) is 0 Å². The summed E-state index contributed by atoms with van der Waals surface area (Å²) >= 11 is 0. The zero-order valence-corrected chi connectivity index (χ0v) is 13.4. The summed E-state index contributed by atoms with van der Waals surface area (Å²) in [5.41, 5.74) is 3.70. The van der Waals surface area contributed by atoms with Crippen molar-refractivity contribution in [1.29, 1.82) is 0 Å². The van der Waals surface area contributed by atoms with Crippen molar-refractivity contribution >= 4 is 23.2 Å². The lowest BCUT2D eigenvalue weighted by atomic mass is 10.1. The summed E-state index contributed by atoms with van der Waals surface area (Å²) in [6.07, 6.45) is 0.574. The van der Waals surface area contributed by atoms with Gasteiger partial charge in [-0.05, 0) is 12.0 Å². The normalized spacial score (nSPS) is 10.0. The van der Waals surface area contributed by atoms with Gasteiger partial charge >= 0.3 is 0 Å². The van der Waals surface area contributed by atoms with Crippen LogP contribution in [0.4, 0.5) is 11.4 Å². The van der Waals surface area contributed by atoms with Crippen LogP contribution in [-0.2, 0) is 11.2 Å². The molecule has 2 N–H and O–H groups in total. The molecule has 0 spiro atoms. The number of hydrazine groups is 1. The number of nitrogens with zero attached hydrogens (tertiary/aromatic N) is 2. The van der Waals surface area contributed by atoms with E-state index in [2.05, 4.69) is 10.9 Å². The highest BCUT2D eigenvalue weighted by molar-refractivity contribution is 5.96. The molecule has 10 heteroatoms. The van der Waals surface area contributed by atoms with Crippen LogP contribution in [0.25, 0.3) is 0 Å². The van der Waals surface area contributed by atoms with Gasteiger partial charge in [-0.1, -0.05) is 30.3 Å². The van der Waals surface area contributed by atoms with Crippen molar-refractivity contribution in [3.8, 4) is 0 Å². The van der Waals surface area contributed by atoms with Crippen molar-refractivity contribution in [2.24, 2.45) is 0 Å². The molecular formula is C16H14N4O6. The fourth-order valence-corrected chi connectivity index (χ4v) is 2.10. The van der Waals surface area contributed by atoms with E-state index in [4.69, 9.17) is 0 Å². The lowest BCUT2D eigenvalue weighted by Gasteiger charge is -2.07.